The average molecular weight is 523 g/mol. The molecule has 2 aromatic carbocycles. The van der Waals surface area contributed by atoms with E-state index >= 15 is 0 Å². The molecule has 0 unspecified atom stereocenters. The van der Waals surface area contributed by atoms with Gasteiger partial charge in [-0.1, -0.05) is 23.8 Å². The molecule has 2 heterocycles. The summed E-state index contributed by atoms with van der Waals surface area (Å²) in [6, 6.07) is 16.8. The van der Waals surface area contributed by atoms with Crippen LogP contribution in [0.15, 0.2) is 60.0 Å². The fraction of sp³-hybridized carbons (Fsp3) is 0.379. The molecule has 0 aliphatic carbocycles. The van der Waals surface area contributed by atoms with E-state index in [1.807, 2.05) is 60.4 Å². The second kappa shape index (κ2) is 12.7. The zero-order chi connectivity index (χ0) is 26.2. The molecule has 1 atom stereocenters. The number of fused-ring (bicyclic) bond motifs is 1. The van der Waals surface area contributed by atoms with Gasteiger partial charge in [0.05, 0.1) is 13.2 Å². The first-order chi connectivity index (χ1) is 18.0. The number of nitrogens with zero attached hydrogens (tertiary/aromatic N) is 2. The molecule has 1 aliphatic heterocycles. The Morgan fingerprint density at radius 2 is 1.86 bits per heavy atom. The molecular weight excluding hydrogens is 488 g/mol. The molecule has 37 heavy (non-hydrogen) atoms. The summed E-state index contributed by atoms with van der Waals surface area (Å²) in [5, 5.41) is 2.06. The topological polar surface area (TPSA) is 68.3 Å². The van der Waals surface area contributed by atoms with Crippen LogP contribution in [0.3, 0.4) is 0 Å². The Morgan fingerprint density at radius 3 is 2.62 bits per heavy atom. The molecule has 7 nitrogen and oxygen atoms in total. The van der Waals surface area contributed by atoms with Crippen LogP contribution in [0.25, 0.3) is 0 Å². The first kappa shape index (κ1) is 26.7. The molecule has 196 valence electrons. The number of ether oxygens (including phenoxy) is 3. The number of carbonyl (C=O) groups excluding carboxylic acids is 2. The van der Waals surface area contributed by atoms with E-state index in [-0.39, 0.29) is 24.4 Å². The molecule has 2 amide bonds. The predicted molar refractivity (Wildman–Crippen MR) is 145 cm³/mol. The van der Waals surface area contributed by atoms with Crippen LogP contribution in [0, 0.1) is 6.92 Å². The van der Waals surface area contributed by atoms with E-state index in [1.165, 1.54) is 4.88 Å². The van der Waals surface area contributed by atoms with E-state index in [0.717, 1.165) is 17.5 Å². The first-order valence-electron chi connectivity index (χ1n) is 12.5. The van der Waals surface area contributed by atoms with Crippen LogP contribution in [-0.4, -0.2) is 68.7 Å². The highest BCUT2D eigenvalue weighted by Crippen LogP contribution is 2.34. The van der Waals surface area contributed by atoms with Gasteiger partial charge in [-0.3, -0.25) is 9.59 Å². The lowest BCUT2D eigenvalue weighted by molar-refractivity contribution is -0.135. The number of methoxy groups -OCH3 is 2. The van der Waals surface area contributed by atoms with E-state index in [1.54, 1.807) is 30.5 Å². The summed E-state index contributed by atoms with van der Waals surface area (Å²) in [7, 11) is 3.25. The van der Waals surface area contributed by atoms with Gasteiger partial charge in [-0.25, -0.2) is 0 Å². The molecule has 0 bridgehead atoms. The van der Waals surface area contributed by atoms with Gasteiger partial charge in [-0.05, 0) is 61.0 Å². The van der Waals surface area contributed by atoms with Crippen molar-refractivity contribution in [1.82, 2.24) is 9.80 Å². The van der Waals surface area contributed by atoms with Gasteiger partial charge in [-0.15, -0.1) is 11.3 Å². The molecule has 0 spiro atoms. The van der Waals surface area contributed by atoms with Crippen molar-refractivity contribution in [2.24, 2.45) is 0 Å². The highest BCUT2D eigenvalue weighted by atomic mass is 32.1. The largest absolute Gasteiger partial charge is 0.497 e. The highest BCUT2D eigenvalue weighted by Gasteiger charge is 2.33. The molecule has 0 saturated heterocycles. The van der Waals surface area contributed by atoms with Crippen molar-refractivity contribution in [3.63, 3.8) is 0 Å². The summed E-state index contributed by atoms with van der Waals surface area (Å²) in [6.45, 7) is 3.85. The van der Waals surface area contributed by atoms with Crippen molar-refractivity contribution >= 4 is 23.2 Å². The monoisotopic (exact) mass is 522 g/mol. The second-order valence-electron chi connectivity index (χ2n) is 9.08. The summed E-state index contributed by atoms with van der Waals surface area (Å²) in [5.41, 5.74) is 2.77. The average Bonchev–Trinajstić information content (AvgIpc) is 3.40. The third-order valence-corrected chi connectivity index (χ3v) is 7.55. The Morgan fingerprint density at radius 1 is 1.08 bits per heavy atom. The minimum atomic E-state index is -0.232. The maximum atomic E-state index is 13.7. The SMILES string of the molecule is COCCCN(CC(=O)N1CCc2sccc2[C@H]1COc1cccc(OC)c1)C(=O)c1ccc(C)cc1. The lowest BCUT2D eigenvalue weighted by atomic mass is 10.00. The molecule has 4 rings (SSSR count). The Balaban J connectivity index is 1.52. The van der Waals surface area contributed by atoms with Gasteiger partial charge >= 0.3 is 0 Å². The predicted octanol–water partition coefficient (Wildman–Crippen LogP) is 4.75. The van der Waals surface area contributed by atoms with Crippen LogP contribution in [0.2, 0.25) is 0 Å². The van der Waals surface area contributed by atoms with Crippen LogP contribution in [0.5, 0.6) is 11.5 Å². The van der Waals surface area contributed by atoms with Crippen LogP contribution in [0.4, 0.5) is 0 Å². The van der Waals surface area contributed by atoms with E-state index in [4.69, 9.17) is 14.2 Å². The molecule has 1 aliphatic rings. The number of benzene rings is 2. The van der Waals surface area contributed by atoms with E-state index in [0.29, 0.717) is 49.8 Å². The first-order valence-corrected chi connectivity index (χ1v) is 13.4. The fourth-order valence-corrected chi connectivity index (χ4v) is 5.45. The smallest absolute Gasteiger partial charge is 0.254 e. The molecule has 3 aromatic rings. The molecule has 0 saturated carbocycles. The third-order valence-electron chi connectivity index (χ3n) is 6.55. The number of rotatable bonds is 11. The van der Waals surface area contributed by atoms with Crippen LogP contribution < -0.4 is 9.47 Å². The zero-order valence-electron chi connectivity index (χ0n) is 21.6. The van der Waals surface area contributed by atoms with Gasteiger partial charge in [0.2, 0.25) is 5.91 Å². The van der Waals surface area contributed by atoms with Crippen molar-refractivity contribution in [2.75, 3.05) is 47.1 Å². The maximum Gasteiger partial charge on any atom is 0.254 e. The minimum Gasteiger partial charge on any atom is -0.497 e. The highest BCUT2D eigenvalue weighted by molar-refractivity contribution is 7.10. The lowest BCUT2D eigenvalue weighted by Crippen LogP contribution is -2.48. The van der Waals surface area contributed by atoms with Crippen molar-refractivity contribution in [2.45, 2.75) is 25.8 Å². The van der Waals surface area contributed by atoms with Crippen LogP contribution in [0.1, 0.15) is 38.8 Å². The van der Waals surface area contributed by atoms with E-state index in [2.05, 4.69) is 11.4 Å². The van der Waals surface area contributed by atoms with Gasteiger partial charge in [0.1, 0.15) is 24.7 Å². The van der Waals surface area contributed by atoms with E-state index < -0.39 is 0 Å². The van der Waals surface area contributed by atoms with Gasteiger partial charge in [0, 0.05) is 43.3 Å². The zero-order valence-corrected chi connectivity index (χ0v) is 22.5. The second-order valence-corrected chi connectivity index (χ2v) is 10.1. The standard InChI is InChI=1S/C29H34N2O5S/c1-21-8-10-22(11-9-21)29(33)30(14-5-16-34-2)19-28(32)31-15-12-27-25(13-17-37-27)26(31)20-36-24-7-4-6-23(18-24)35-3/h4,6-11,13,17-18,26H,5,12,14-16,19-20H2,1-3H3/t26-/m1/s1. The fourth-order valence-electron chi connectivity index (χ4n) is 4.53. The number of amides is 2. The summed E-state index contributed by atoms with van der Waals surface area (Å²) < 4.78 is 16.6. The summed E-state index contributed by atoms with van der Waals surface area (Å²) >= 11 is 1.71. The molecule has 8 heteroatoms. The van der Waals surface area contributed by atoms with Crippen molar-refractivity contribution < 1.29 is 23.8 Å². The van der Waals surface area contributed by atoms with Crippen molar-refractivity contribution in [3.8, 4) is 11.5 Å². The number of thiophene rings is 1. The molecule has 1 aromatic heterocycles. The summed E-state index contributed by atoms with van der Waals surface area (Å²) in [5.74, 6) is 1.16. The molecule has 0 fully saturated rings. The summed E-state index contributed by atoms with van der Waals surface area (Å²) in [6.07, 6.45) is 1.45. The Labute approximate surface area is 222 Å². The minimum absolute atomic E-state index is 0.00551. The normalized spacial score (nSPS) is 14.7. The van der Waals surface area contributed by atoms with Crippen LogP contribution >= 0.6 is 11.3 Å². The number of hydrogen-bond acceptors (Lipinski definition) is 6. The van der Waals surface area contributed by atoms with E-state index in [9.17, 15) is 9.59 Å². The van der Waals surface area contributed by atoms with Crippen molar-refractivity contribution in [3.05, 3.63) is 81.5 Å². The van der Waals surface area contributed by atoms with Crippen LogP contribution in [-0.2, 0) is 16.0 Å². The quantitative estimate of drug-likeness (QED) is 0.340. The summed E-state index contributed by atoms with van der Waals surface area (Å²) in [4.78, 5) is 31.8. The van der Waals surface area contributed by atoms with Gasteiger partial charge in [0.15, 0.2) is 0 Å². The number of hydrogen-bond donors (Lipinski definition) is 0. The Hall–Kier alpha value is -3.36. The lowest BCUT2D eigenvalue weighted by Gasteiger charge is -2.37. The molecule has 0 radical (unpaired) electrons. The van der Waals surface area contributed by atoms with Gasteiger partial charge in [-0.2, -0.15) is 0 Å². The van der Waals surface area contributed by atoms with Gasteiger partial charge < -0.3 is 24.0 Å². The van der Waals surface area contributed by atoms with Crippen molar-refractivity contribution in [1.29, 1.82) is 0 Å². The maximum absolute atomic E-state index is 13.7. The van der Waals surface area contributed by atoms with Gasteiger partial charge in [0.25, 0.3) is 5.91 Å². The third kappa shape index (κ3) is 6.70. The molecule has 0 N–H and O–H groups in total. The number of aryl methyl sites for hydroxylation is 1. The Bertz CT molecular complexity index is 1190. The Kier molecular flexibility index (Phi) is 9.19. The molecular formula is C29H34N2O5S. The number of carbonyl (C=O) groups is 2.